The third-order valence-corrected chi connectivity index (χ3v) is 2.56. The standard InChI is InChI=1S/C12H12NO/c1-2-4-11-7-13(8-12-9-14-12)6-5-10(11)3-1/h1-7,12H,8-9H2/q+1/t12-/m1/s1. The van der Waals surface area contributed by atoms with Gasteiger partial charge in [0.15, 0.2) is 18.9 Å². The van der Waals surface area contributed by atoms with Gasteiger partial charge in [-0.3, -0.25) is 0 Å². The number of fused-ring (bicyclic) bond motifs is 1. The molecule has 0 aliphatic carbocycles. The summed E-state index contributed by atoms with van der Waals surface area (Å²) < 4.78 is 7.40. The van der Waals surface area contributed by atoms with Crippen LogP contribution in [0.4, 0.5) is 0 Å². The Morgan fingerprint density at radius 1 is 1.21 bits per heavy atom. The van der Waals surface area contributed by atoms with Crippen LogP contribution in [0, 0.1) is 0 Å². The van der Waals surface area contributed by atoms with E-state index in [1.807, 2.05) is 0 Å². The van der Waals surface area contributed by atoms with Crippen LogP contribution in [-0.2, 0) is 11.3 Å². The molecule has 0 bridgehead atoms. The van der Waals surface area contributed by atoms with E-state index in [4.69, 9.17) is 4.74 Å². The summed E-state index contributed by atoms with van der Waals surface area (Å²) in [5.41, 5.74) is 0. The fourth-order valence-electron chi connectivity index (χ4n) is 1.70. The van der Waals surface area contributed by atoms with Gasteiger partial charge in [0, 0.05) is 11.5 Å². The Balaban J connectivity index is 2.01. The average Bonchev–Trinajstić information content (AvgIpc) is 3.02. The maximum Gasteiger partial charge on any atom is 0.176 e. The molecule has 2 nitrogen and oxygen atoms in total. The van der Waals surface area contributed by atoms with E-state index in [0.29, 0.717) is 6.10 Å². The van der Waals surface area contributed by atoms with Gasteiger partial charge in [0.1, 0.15) is 6.10 Å². The minimum absolute atomic E-state index is 0.446. The minimum atomic E-state index is 0.446. The molecule has 0 N–H and O–H groups in total. The summed E-state index contributed by atoms with van der Waals surface area (Å²) in [5.74, 6) is 0. The molecular weight excluding hydrogens is 174 g/mol. The maximum atomic E-state index is 5.20. The Hall–Kier alpha value is -1.41. The van der Waals surface area contributed by atoms with E-state index >= 15 is 0 Å². The van der Waals surface area contributed by atoms with Gasteiger partial charge in [-0.2, -0.15) is 0 Å². The zero-order valence-corrected chi connectivity index (χ0v) is 7.89. The summed E-state index contributed by atoms with van der Waals surface area (Å²) in [5, 5.41) is 2.58. The number of rotatable bonds is 2. The number of ether oxygens (including phenoxy) is 1. The van der Waals surface area contributed by atoms with Gasteiger partial charge in [0.05, 0.1) is 6.61 Å². The first-order valence-corrected chi connectivity index (χ1v) is 4.91. The lowest BCUT2D eigenvalue weighted by Crippen LogP contribution is -2.35. The van der Waals surface area contributed by atoms with Crippen molar-refractivity contribution in [2.45, 2.75) is 12.6 Å². The van der Waals surface area contributed by atoms with Gasteiger partial charge in [-0.15, -0.1) is 0 Å². The Morgan fingerprint density at radius 2 is 2.00 bits per heavy atom. The molecule has 1 atom stereocenters. The second-order valence-corrected chi connectivity index (χ2v) is 3.73. The molecule has 70 valence electrons. The van der Waals surface area contributed by atoms with E-state index in [-0.39, 0.29) is 0 Å². The van der Waals surface area contributed by atoms with E-state index in [1.54, 1.807) is 0 Å². The Morgan fingerprint density at radius 3 is 2.79 bits per heavy atom. The highest BCUT2D eigenvalue weighted by molar-refractivity contribution is 5.80. The van der Waals surface area contributed by atoms with Crippen molar-refractivity contribution in [3.8, 4) is 0 Å². The highest BCUT2D eigenvalue weighted by atomic mass is 16.6. The number of hydrogen-bond donors (Lipinski definition) is 0. The molecule has 2 aromatic rings. The van der Waals surface area contributed by atoms with Crippen LogP contribution in [0.1, 0.15) is 0 Å². The van der Waals surface area contributed by atoms with Gasteiger partial charge in [0.2, 0.25) is 0 Å². The zero-order chi connectivity index (χ0) is 9.38. The fourth-order valence-corrected chi connectivity index (χ4v) is 1.70. The zero-order valence-electron chi connectivity index (χ0n) is 7.89. The molecule has 14 heavy (non-hydrogen) atoms. The smallest absolute Gasteiger partial charge is 0.176 e. The first-order chi connectivity index (χ1) is 6.92. The predicted octanol–water partition coefficient (Wildman–Crippen LogP) is 1.53. The van der Waals surface area contributed by atoms with Crippen molar-refractivity contribution in [3.63, 3.8) is 0 Å². The topological polar surface area (TPSA) is 16.4 Å². The first-order valence-electron chi connectivity index (χ1n) is 4.91. The lowest BCUT2D eigenvalue weighted by atomic mass is 10.2. The van der Waals surface area contributed by atoms with Gasteiger partial charge in [-0.1, -0.05) is 18.2 Å². The van der Waals surface area contributed by atoms with Crippen LogP contribution < -0.4 is 4.57 Å². The number of pyridine rings is 1. The summed E-state index contributed by atoms with van der Waals surface area (Å²) in [4.78, 5) is 0. The van der Waals surface area contributed by atoms with E-state index < -0.39 is 0 Å². The fraction of sp³-hybridized carbons (Fsp3) is 0.250. The van der Waals surface area contributed by atoms with Gasteiger partial charge < -0.3 is 4.74 Å². The van der Waals surface area contributed by atoms with Crippen molar-refractivity contribution in [2.75, 3.05) is 6.61 Å². The van der Waals surface area contributed by atoms with E-state index in [1.165, 1.54) is 10.8 Å². The van der Waals surface area contributed by atoms with E-state index in [2.05, 4.69) is 47.3 Å². The highest BCUT2D eigenvalue weighted by Crippen LogP contribution is 2.11. The Kier molecular flexibility index (Phi) is 1.74. The lowest BCUT2D eigenvalue weighted by Gasteiger charge is -1.96. The maximum absolute atomic E-state index is 5.20. The van der Waals surface area contributed by atoms with Crippen molar-refractivity contribution in [1.29, 1.82) is 0 Å². The number of epoxide rings is 1. The summed E-state index contributed by atoms with van der Waals surface area (Å²) in [6, 6.07) is 10.6. The lowest BCUT2D eigenvalue weighted by molar-refractivity contribution is -0.696. The van der Waals surface area contributed by atoms with Crippen LogP contribution in [0.3, 0.4) is 0 Å². The molecule has 1 fully saturated rings. The SMILES string of the molecule is c1ccc2c[n+](C[C@@H]3CO3)ccc2c1. The third-order valence-electron chi connectivity index (χ3n) is 2.56. The quantitative estimate of drug-likeness (QED) is 0.513. The molecule has 0 saturated carbocycles. The van der Waals surface area contributed by atoms with Gasteiger partial charge >= 0.3 is 0 Å². The second-order valence-electron chi connectivity index (χ2n) is 3.73. The molecule has 1 aliphatic rings. The van der Waals surface area contributed by atoms with Crippen molar-refractivity contribution in [3.05, 3.63) is 42.7 Å². The molecule has 2 heteroatoms. The monoisotopic (exact) mass is 186 g/mol. The number of nitrogens with zero attached hydrogens (tertiary/aromatic N) is 1. The van der Waals surface area contributed by atoms with Gasteiger partial charge in [-0.05, 0) is 11.5 Å². The summed E-state index contributed by atoms with van der Waals surface area (Å²) in [7, 11) is 0. The molecule has 0 spiro atoms. The Labute approximate surface area is 82.7 Å². The number of aromatic nitrogens is 1. The van der Waals surface area contributed by atoms with Crippen LogP contribution in [0.2, 0.25) is 0 Å². The molecule has 3 rings (SSSR count). The third kappa shape index (κ3) is 1.49. The molecule has 1 saturated heterocycles. The van der Waals surface area contributed by atoms with Crippen molar-refractivity contribution in [1.82, 2.24) is 0 Å². The molecule has 0 unspecified atom stereocenters. The largest absolute Gasteiger partial charge is 0.366 e. The van der Waals surface area contributed by atoms with Gasteiger partial charge in [0.25, 0.3) is 0 Å². The van der Waals surface area contributed by atoms with Crippen molar-refractivity contribution < 1.29 is 9.30 Å². The van der Waals surface area contributed by atoms with Crippen molar-refractivity contribution in [2.24, 2.45) is 0 Å². The summed E-state index contributed by atoms with van der Waals surface area (Å²) in [6.45, 7) is 1.89. The molecule has 2 heterocycles. The molecule has 1 aromatic carbocycles. The molecule has 1 aliphatic heterocycles. The molecule has 0 amide bonds. The second kappa shape index (κ2) is 3.07. The average molecular weight is 186 g/mol. The minimum Gasteiger partial charge on any atom is -0.366 e. The van der Waals surface area contributed by atoms with Crippen LogP contribution >= 0.6 is 0 Å². The van der Waals surface area contributed by atoms with Crippen LogP contribution in [-0.4, -0.2) is 12.7 Å². The first kappa shape index (κ1) is 7.94. The van der Waals surface area contributed by atoms with E-state index in [9.17, 15) is 0 Å². The summed E-state index contributed by atoms with van der Waals surface area (Å²) >= 11 is 0. The van der Waals surface area contributed by atoms with Crippen LogP contribution in [0.5, 0.6) is 0 Å². The summed E-state index contributed by atoms with van der Waals surface area (Å²) in [6.07, 6.45) is 4.74. The predicted molar refractivity (Wildman–Crippen MR) is 53.9 cm³/mol. The highest BCUT2D eigenvalue weighted by Gasteiger charge is 2.26. The van der Waals surface area contributed by atoms with Crippen LogP contribution in [0.25, 0.3) is 10.8 Å². The molecule has 1 aromatic heterocycles. The number of benzene rings is 1. The van der Waals surface area contributed by atoms with E-state index in [0.717, 1.165) is 13.2 Å². The Bertz CT molecular complexity index is 463. The molecule has 0 radical (unpaired) electrons. The van der Waals surface area contributed by atoms with Gasteiger partial charge in [-0.25, -0.2) is 4.57 Å². The number of hydrogen-bond acceptors (Lipinski definition) is 1. The normalized spacial score (nSPS) is 19.9. The van der Waals surface area contributed by atoms with Crippen molar-refractivity contribution >= 4 is 10.8 Å². The van der Waals surface area contributed by atoms with Crippen LogP contribution in [0.15, 0.2) is 42.7 Å². The molecular formula is C12H12NO+.